The van der Waals surface area contributed by atoms with Gasteiger partial charge < -0.3 is 28.8 Å². The molecule has 0 fully saturated rings. The van der Waals surface area contributed by atoms with Gasteiger partial charge in [0.25, 0.3) is 0 Å². The molecular formula is C41H32N2O8. The Bertz CT molecular complexity index is 2380. The summed E-state index contributed by atoms with van der Waals surface area (Å²) < 4.78 is 10.4. The number of carbonyl (C=O) groups is 2. The highest BCUT2D eigenvalue weighted by molar-refractivity contribution is 5.93. The molecule has 0 aliphatic rings. The van der Waals surface area contributed by atoms with Gasteiger partial charge in [-0.3, -0.25) is 0 Å². The summed E-state index contributed by atoms with van der Waals surface area (Å²) in [6.45, 7) is 3.90. The minimum absolute atomic E-state index is 0.305. The van der Waals surface area contributed by atoms with E-state index >= 15 is 0 Å². The van der Waals surface area contributed by atoms with E-state index < -0.39 is 28.8 Å². The van der Waals surface area contributed by atoms with Crippen LogP contribution in [0.15, 0.2) is 128 Å². The summed E-state index contributed by atoms with van der Waals surface area (Å²) in [4.78, 5) is 49.8. The summed E-state index contributed by atoms with van der Waals surface area (Å²) >= 11 is 0. The maximum atomic E-state index is 12.0. The molecule has 2 aromatic heterocycles. The van der Waals surface area contributed by atoms with E-state index in [1.54, 1.807) is 37.3 Å². The van der Waals surface area contributed by atoms with Gasteiger partial charge in [0.2, 0.25) is 0 Å². The third-order valence-electron chi connectivity index (χ3n) is 7.79. The van der Waals surface area contributed by atoms with Crippen LogP contribution in [0, 0.1) is 24.2 Å². The second kappa shape index (κ2) is 16.4. The summed E-state index contributed by atoms with van der Waals surface area (Å²) in [5.74, 6) is 5.66. The molecule has 2 N–H and O–H groups in total. The molecule has 0 radical (unpaired) electrons. The van der Waals surface area contributed by atoms with Crippen LogP contribution in [0.3, 0.4) is 0 Å². The van der Waals surface area contributed by atoms with Crippen molar-refractivity contribution in [2.24, 2.45) is 0 Å². The Morgan fingerprint density at radius 3 is 1.51 bits per heavy atom. The number of fused-ring (bicyclic) bond motifs is 2. The number of carboxylic acids is 2. The van der Waals surface area contributed by atoms with Crippen molar-refractivity contribution in [1.82, 2.24) is 0 Å². The van der Waals surface area contributed by atoms with Gasteiger partial charge in [0.05, 0.1) is 13.1 Å². The van der Waals surface area contributed by atoms with E-state index in [-0.39, 0.29) is 5.56 Å². The van der Waals surface area contributed by atoms with Gasteiger partial charge >= 0.3 is 23.2 Å². The third kappa shape index (κ3) is 8.91. The Labute approximate surface area is 292 Å². The predicted molar refractivity (Wildman–Crippen MR) is 196 cm³/mol. The lowest BCUT2D eigenvalue weighted by molar-refractivity contribution is 0.0681. The molecule has 6 rings (SSSR count). The van der Waals surface area contributed by atoms with Crippen LogP contribution in [0.5, 0.6) is 0 Å². The van der Waals surface area contributed by atoms with E-state index in [0.29, 0.717) is 48.1 Å². The Kier molecular flexibility index (Phi) is 11.3. The first-order valence-corrected chi connectivity index (χ1v) is 15.7. The molecule has 10 nitrogen and oxygen atoms in total. The fourth-order valence-corrected chi connectivity index (χ4v) is 5.26. The second-order valence-electron chi connectivity index (χ2n) is 11.3. The van der Waals surface area contributed by atoms with Crippen LogP contribution in [0.1, 0.15) is 38.8 Å². The topological polar surface area (TPSA) is 142 Å². The molecule has 0 bridgehead atoms. The number of aromatic carboxylic acids is 2. The van der Waals surface area contributed by atoms with Crippen LogP contribution in [-0.2, 0) is 13.1 Å². The molecule has 0 unspecified atom stereocenters. The zero-order chi connectivity index (χ0) is 36.3. The number of rotatable bonds is 10. The molecule has 6 aromatic rings. The first-order valence-electron chi connectivity index (χ1n) is 15.7. The number of benzene rings is 4. The fourth-order valence-electron chi connectivity index (χ4n) is 5.26. The summed E-state index contributed by atoms with van der Waals surface area (Å²) in [6, 6.07) is 33.5. The Hall–Kier alpha value is -7.04. The molecular weight excluding hydrogens is 648 g/mol. The minimum Gasteiger partial charge on any atom is -0.477 e. The molecule has 0 atom stereocenters. The third-order valence-corrected chi connectivity index (χ3v) is 7.79. The highest BCUT2D eigenvalue weighted by Gasteiger charge is 2.16. The maximum absolute atomic E-state index is 12.0. The van der Waals surface area contributed by atoms with Gasteiger partial charge in [-0.2, -0.15) is 0 Å². The van der Waals surface area contributed by atoms with Crippen molar-refractivity contribution in [2.75, 3.05) is 22.9 Å². The highest BCUT2D eigenvalue weighted by atomic mass is 16.4. The van der Waals surface area contributed by atoms with Crippen molar-refractivity contribution in [3.63, 3.8) is 0 Å². The smallest absolute Gasteiger partial charge is 0.351 e. The molecule has 0 saturated heterocycles. The van der Waals surface area contributed by atoms with Gasteiger partial charge in [-0.1, -0.05) is 72.5 Å². The van der Waals surface area contributed by atoms with E-state index in [0.717, 1.165) is 22.5 Å². The van der Waals surface area contributed by atoms with Gasteiger partial charge in [0.1, 0.15) is 22.3 Å². The number of carboxylic acid groups (broad SMARTS) is 2. The average Bonchev–Trinajstić information content (AvgIpc) is 3.13. The van der Waals surface area contributed by atoms with Gasteiger partial charge in [-0.25, -0.2) is 19.2 Å². The van der Waals surface area contributed by atoms with Crippen molar-refractivity contribution in [3.8, 4) is 24.2 Å². The number of nitrogens with zero attached hydrogens (tertiary/aromatic N) is 2. The van der Waals surface area contributed by atoms with Crippen molar-refractivity contribution >= 4 is 45.3 Å². The van der Waals surface area contributed by atoms with Crippen LogP contribution in [0.4, 0.5) is 11.4 Å². The first kappa shape index (κ1) is 35.3. The summed E-state index contributed by atoms with van der Waals surface area (Å²) in [5, 5.41) is 19.2. The summed E-state index contributed by atoms with van der Waals surface area (Å²) in [7, 11) is 0. The first-order chi connectivity index (χ1) is 24.7. The summed E-state index contributed by atoms with van der Waals surface area (Å²) in [6.07, 6.45) is 5.35. The van der Waals surface area contributed by atoms with E-state index in [4.69, 9.17) is 25.5 Å². The number of terminal acetylenes is 1. The molecule has 4 aromatic carbocycles. The molecule has 0 spiro atoms. The quantitative estimate of drug-likeness (QED) is 0.119. The Balaban J connectivity index is 0.000000206. The molecule has 0 aliphatic heterocycles. The lowest BCUT2D eigenvalue weighted by Gasteiger charge is -2.25. The zero-order valence-corrected chi connectivity index (χ0v) is 27.5. The Morgan fingerprint density at radius 2 is 1.10 bits per heavy atom. The van der Waals surface area contributed by atoms with Gasteiger partial charge in [-0.05, 0) is 54.4 Å². The largest absolute Gasteiger partial charge is 0.477 e. The molecule has 0 saturated carbocycles. The number of hydrogen-bond acceptors (Lipinski definition) is 8. The molecule has 51 heavy (non-hydrogen) atoms. The molecule has 2 heterocycles. The highest BCUT2D eigenvalue weighted by Crippen LogP contribution is 2.26. The SMILES string of the molecule is C#CCN(CC#CC)c1ccc2cc(C(=O)O)c(=O)oc2c1.O=C(O)c1cc2ccc(N(Cc3ccccc3)Cc3ccccc3)cc2oc1=O. The van der Waals surface area contributed by atoms with E-state index in [9.17, 15) is 19.2 Å². The lowest BCUT2D eigenvalue weighted by Crippen LogP contribution is -2.23. The lowest BCUT2D eigenvalue weighted by atomic mass is 10.1. The van der Waals surface area contributed by atoms with Crippen molar-refractivity contribution < 1.29 is 28.6 Å². The normalized spacial score (nSPS) is 10.3. The molecule has 10 heteroatoms. The average molecular weight is 681 g/mol. The van der Waals surface area contributed by atoms with Crippen LogP contribution in [-0.4, -0.2) is 35.2 Å². The van der Waals surface area contributed by atoms with Crippen LogP contribution in [0.2, 0.25) is 0 Å². The number of hydrogen-bond donors (Lipinski definition) is 2. The predicted octanol–water partition coefficient (Wildman–Crippen LogP) is 6.65. The minimum atomic E-state index is -1.31. The van der Waals surface area contributed by atoms with Crippen molar-refractivity contribution in [2.45, 2.75) is 20.0 Å². The maximum Gasteiger partial charge on any atom is 0.351 e. The fraction of sp³-hybridized carbons (Fsp3) is 0.122. The number of anilines is 2. The molecule has 0 aliphatic carbocycles. The van der Waals surface area contributed by atoms with Gasteiger partial charge in [0, 0.05) is 47.4 Å². The van der Waals surface area contributed by atoms with Crippen LogP contribution in [0.25, 0.3) is 21.9 Å². The Morgan fingerprint density at radius 1 is 0.647 bits per heavy atom. The van der Waals surface area contributed by atoms with Crippen LogP contribution >= 0.6 is 0 Å². The van der Waals surface area contributed by atoms with Crippen molar-refractivity contribution in [3.05, 3.63) is 152 Å². The van der Waals surface area contributed by atoms with E-state index in [2.05, 4.69) is 46.9 Å². The van der Waals surface area contributed by atoms with Gasteiger partial charge in [0.15, 0.2) is 0 Å². The zero-order valence-electron chi connectivity index (χ0n) is 27.5. The van der Waals surface area contributed by atoms with Crippen LogP contribution < -0.4 is 21.1 Å². The van der Waals surface area contributed by atoms with E-state index in [1.807, 2.05) is 47.4 Å². The molecule has 254 valence electrons. The monoisotopic (exact) mass is 680 g/mol. The van der Waals surface area contributed by atoms with Gasteiger partial charge in [-0.15, -0.1) is 12.3 Å². The second-order valence-corrected chi connectivity index (χ2v) is 11.3. The molecule has 0 amide bonds. The summed E-state index contributed by atoms with van der Waals surface area (Å²) in [5.41, 5.74) is 2.14. The van der Waals surface area contributed by atoms with Crippen molar-refractivity contribution in [1.29, 1.82) is 0 Å². The van der Waals surface area contributed by atoms with E-state index in [1.165, 1.54) is 12.1 Å². The standard InChI is InChI=1S/C24H19NO4.C17H13NO4/c26-23(27)21-13-19-11-12-20(14-22(19)29-24(21)28)25(15-17-7-3-1-4-8-17)16-18-9-5-2-6-10-18;1-3-5-9-18(8-4-2)13-7-6-12-10-14(16(19)20)17(21)22-15(12)11-13/h1-14H,15-16H2,(H,26,27);2,6-7,10-11H,8-9H2,1H3,(H,19,20).